The van der Waals surface area contributed by atoms with Crippen LogP contribution in [0.25, 0.3) is 5.82 Å². The maximum atomic E-state index is 13.1. The number of carbonyl (C=O) groups excluding carboxylic acids is 1. The normalized spacial score (nSPS) is 18.0. The first-order valence-corrected chi connectivity index (χ1v) is 9.84. The van der Waals surface area contributed by atoms with Crippen LogP contribution in [-0.2, 0) is 23.4 Å². The summed E-state index contributed by atoms with van der Waals surface area (Å²) in [7, 11) is 0. The Balaban J connectivity index is 1.41. The molecule has 1 amide bonds. The highest BCUT2D eigenvalue weighted by Gasteiger charge is 2.38. The average molecular weight is 392 g/mol. The molecule has 2 aromatic heterocycles. The molecule has 0 radical (unpaired) electrons. The molecule has 29 heavy (non-hydrogen) atoms. The zero-order valence-electron chi connectivity index (χ0n) is 16.8. The van der Waals surface area contributed by atoms with Crippen LogP contribution in [0.4, 0.5) is 0 Å². The van der Waals surface area contributed by atoms with Crippen molar-refractivity contribution in [3.63, 3.8) is 0 Å². The second-order valence-electron chi connectivity index (χ2n) is 8.48. The number of benzene rings is 1. The summed E-state index contributed by atoms with van der Waals surface area (Å²) >= 11 is 0. The molecular formula is C22H24N4O3. The molecule has 1 aromatic carbocycles. The van der Waals surface area contributed by atoms with Crippen LogP contribution in [0.15, 0.2) is 48.8 Å². The van der Waals surface area contributed by atoms with Gasteiger partial charge in [-0.15, -0.1) is 0 Å². The average Bonchev–Trinajstić information content (AvgIpc) is 3.42. The molecule has 2 aliphatic rings. The summed E-state index contributed by atoms with van der Waals surface area (Å²) in [6.07, 6.45) is 3.39. The van der Waals surface area contributed by atoms with Crippen LogP contribution in [0.3, 0.4) is 0 Å². The number of hydrogen-bond donors (Lipinski definition) is 0. The molecule has 150 valence electrons. The van der Waals surface area contributed by atoms with Crippen LogP contribution in [0.1, 0.15) is 32.0 Å². The first-order chi connectivity index (χ1) is 13.9. The molecule has 0 aliphatic carbocycles. The summed E-state index contributed by atoms with van der Waals surface area (Å²) in [5.41, 5.74) is 1.86. The van der Waals surface area contributed by atoms with Gasteiger partial charge in [0.2, 0.25) is 6.10 Å². The van der Waals surface area contributed by atoms with Gasteiger partial charge in [-0.05, 0) is 45.0 Å². The van der Waals surface area contributed by atoms with Crippen LogP contribution < -0.4 is 9.47 Å². The van der Waals surface area contributed by atoms with Gasteiger partial charge >= 0.3 is 0 Å². The number of rotatable bonds is 2. The quantitative estimate of drug-likeness (QED) is 0.672. The molecule has 5 rings (SSSR count). The smallest absolute Gasteiger partial charge is 0.267 e. The number of amides is 1. The van der Waals surface area contributed by atoms with E-state index in [1.807, 2.05) is 48.8 Å². The lowest BCUT2D eigenvalue weighted by Gasteiger charge is -2.29. The summed E-state index contributed by atoms with van der Waals surface area (Å²) < 4.78 is 15.8. The van der Waals surface area contributed by atoms with E-state index in [-0.39, 0.29) is 18.1 Å². The van der Waals surface area contributed by atoms with Gasteiger partial charge in [0.1, 0.15) is 12.4 Å². The molecule has 7 nitrogen and oxygen atoms in total. The number of hydrogen-bond acceptors (Lipinski definition) is 4. The molecule has 0 unspecified atom stereocenters. The maximum absolute atomic E-state index is 13.1. The van der Waals surface area contributed by atoms with Gasteiger partial charge in [-0.2, -0.15) is 5.10 Å². The summed E-state index contributed by atoms with van der Waals surface area (Å²) in [5.74, 6) is 2.23. The molecule has 0 N–H and O–H groups in total. The molecule has 0 fully saturated rings. The Morgan fingerprint density at radius 3 is 2.52 bits per heavy atom. The number of ether oxygens (including phenoxy) is 2. The minimum Gasteiger partial charge on any atom is -0.485 e. The Morgan fingerprint density at radius 1 is 1.07 bits per heavy atom. The Labute approximate surface area is 169 Å². The van der Waals surface area contributed by atoms with Crippen molar-refractivity contribution in [3.8, 4) is 17.3 Å². The highest BCUT2D eigenvalue weighted by molar-refractivity contribution is 5.82. The van der Waals surface area contributed by atoms with Crippen LogP contribution >= 0.6 is 0 Å². The fourth-order valence-corrected chi connectivity index (χ4v) is 3.91. The Hall–Kier alpha value is -3.22. The third-order valence-corrected chi connectivity index (χ3v) is 5.31. The first-order valence-electron chi connectivity index (χ1n) is 9.84. The van der Waals surface area contributed by atoms with Crippen LogP contribution in [-0.4, -0.2) is 37.9 Å². The van der Waals surface area contributed by atoms with Crippen LogP contribution in [0.2, 0.25) is 0 Å². The minimum atomic E-state index is -0.640. The van der Waals surface area contributed by atoms with Crippen molar-refractivity contribution in [2.24, 2.45) is 0 Å². The zero-order valence-corrected chi connectivity index (χ0v) is 16.8. The Bertz CT molecular complexity index is 1060. The van der Waals surface area contributed by atoms with Gasteiger partial charge < -0.3 is 18.9 Å². The van der Waals surface area contributed by atoms with Crippen molar-refractivity contribution in [2.75, 3.05) is 6.61 Å². The van der Waals surface area contributed by atoms with Crippen molar-refractivity contribution in [3.05, 3.63) is 60.0 Å². The van der Waals surface area contributed by atoms with Crippen molar-refractivity contribution in [1.29, 1.82) is 0 Å². The van der Waals surface area contributed by atoms with E-state index >= 15 is 0 Å². The maximum Gasteiger partial charge on any atom is 0.267 e. The molecule has 0 saturated heterocycles. The van der Waals surface area contributed by atoms with E-state index in [4.69, 9.17) is 14.6 Å². The SMILES string of the molecule is CC(C)(C)n1nc2c(c1-n1cccc1)CN(C(=O)[C@@H]1COc3ccccc3O1)C2. The summed E-state index contributed by atoms with van der Waals surface area (Å²) in [6.45, 7) is 7.62. The molecule has 2 aliphatic heterocycles. The monoisotopic (exact) mass is 392 g/mol. The third kappa shape index (κ3) is 2.97. The second-order valence-corrected chi connectivity index (χ2v) is 8.48. The van der Waals surface area contributed by atoms with Gasteiger partial charge in [0.25, 0.3) is 5.91 Å². The Kier molecular flexibility index (Phi) is 3.94. The lowest BCUT2D eigenvalue weighted by molar-refractivity contribution is -0.141. The fraction of sp³-hybridized carbons (Fsp3) is 0.364. The fourth-order valence-electron chi connectivity index (χ4n) is 3.91. The molecule has 0 spiro atoms. The summed E-state index contributed by atoms with van der Waals surface area (Å²) in [6, 6.07) is 11.4. The van der Waals surface area contributed by atoms with Gasteiger partial charge in [0.05, 0.1) is 24.3 Å². The molecule has 0 bridgehead atoms. The topological polar surface area (TPSA) is 61.5 Å². The lowest BCUT2D eigenvalue weighted by atomic mass is 10.1. The lowest BCUT2D eigenvalue weighted by Crippen LogP contribution is -2.44. The van der Waals surface area contributed by atoms with Crippen molar-refractivity contribution < 1.29 is 14.3 Å². The van der Waals surface area contributed by atoms with E-state index in [0.717, 1.165) is 17.1 Å². The van der Waals surface area contributed by atoms with Crippen molar-refractivity contribution in [1.82, 2.24) is 19.2 Å². The van der Waals surface area contributed by atoms with Gasteiger partial charge in [-0.25, -0.2) is 4.68 Å². The standard InChI is InChI=1S/C22H24N4O3/c1-22(2,3)26-20(24-10-6-7-11-24)15-12-25(13-16(15)23-26)21(27)19-14-28-17-8-4-5-9-18(17)29-19/h4-11,19H,12-14H2,1-3H3/t19-/m0/s1. The minimum absolute atomic E-state index is 0.0710. The zero-order chi connectivity index (χ0) is 20.2. The number of aromatic nitrogens is 3. The number of carbonyl (C=O) groups is 1. The van der Waals surface area contributed by atoms with Crippen molar-refractivity contribution in [2.45, 2.75) is 45.5 Å². The molecule has 1 atom stereocenters. The largest absolute Gasteiger partial charge is 0.485 e. The molecule has 3 aromatic rings. The van der Waals surface area contributed by atoms with Crippen LogP contribution in [0.5, 0.6) is 11.5 Å². The van der Waals surface area contributed by atoms with E-state index in [9.17, 15) is 4.79 Å². The number of nitrogens with zero attached hydrogens (tertiary/aromatic N) is 4. The summed E-state index contributed by atoms with van der Waals surface area (Å²) in [5, 5.41) is 4.86. The Morgan fingerprint density at radius 2 is 1.79 bits per heavy atom. The van der Waals surface area contributed by atoms with Gasteiger partial charge in [-0.1, -0.05) is 12.1 Å². The second kappa shape index (κ2) is 6.40. The molecular weight excluding hydrogens is 368 g/mol. The van der Waals surface area contributed by atoms with E-state index in [1.165, 1.54) is 0 Å². The molecule has 4 heterocycles. The molecule has 0 saturated carbocycles. The first kappa shape index (κ1) is 17.8. The van der Waals surface area contributed by atoms with Gasteiger partial charge in [0.15, 0.2) is 11.5 Å². The van der Waals surface area contributed by atoms with Crippen LogP contribution in [0, 0.1) is 0 Å². The van der Waals surface area contributed by atoms with Gasteiger partial charge in [-0.3, -0.25) is 4.79 Å². The van der Waals surface area contributed by atoms with Gasteiger partial charge in [0, 0.05) is 18.0 Å². The van der Waals surface area contributed by atoms with E-state index in [0.29, 0.717) is 24.6 Å². The highest BCUT2D eigenvalue weighted by Crippen LogP contribution is 2.34. The number of fused-ring (bicyclic) bond motifs is 2. The van der Waals surface area contributed by atoms with Crippen molar-refractivity contribution >= 4 is 5.91 Å². The van der Waals surface area contributed by atoms with E-state index in [1.54, 1.807) is 4.90 Å². The molecule has 7 heteroatoms. The summed E-state index contributed by atoms with van der Waals surface area (Å²) in [4.78, 5) is 14.9. The predicted molar refractivity (Wildman–Crippen MR) is 107 cm³/mol. The third-order valence-electron chi connectivity index (χ3n) is 5.31. The highest BCUT2D eigenvalue weighted by atomic mass is 16.6. The van der Waals surface area contributed by atoms with E-state index < -0.39 is 6.10 Å². The predicted octanol–water partition coefficient (Wildman–Crippen LogP) is 3.11. The van der Waals surface area contributed by atoms with E-state index in [2.05, 4.69) is 30.0 Å². The number of para-hydroxylation sites is 2.